The SMILES string of the molecule is C.CN(C)[C@@H]1CCN(c2nccc(Oc3ccc(NC(=O)c4cc(F)cc(N5CCCCC5)c4)c4ccccc34)n2)C1. The summed E-state index contributed by atoms with van der Waals surface area (Å²) < 4.78 is 20.8. The van der Waals surface area contributed by atoms with Crippen LogP contribution in [-0.4, -0.2) is 67.1 Å². The quantitative estimate of drug-likeness (QED) is 0.269. The van der Waals surface area contributed by atoms with Crippen LogP contribution in [0.25, 0.3) is 10.8 Å². The maximum atomic E-state index is 14.5. The Labute approximate surface area is 247 Å². The number of nitrogens with one attached hydrogen (secondary N) is 1. The van der Waals surface area contributed by atoms with Gasteiger partial charge in [0.15, 0.2) is 0 Å². The molecule has 1 aromatic heterocycles. The molecule has 0 spiro atoms. The zero-order chi connectivity index (χ0) is 28.3. The minimum absolute atomic E-state index is 0. The van der Waals surface area contributed by atoms with Crippen molar-refractivity contribution < 1.29 is 13.9 Å². The van der Waals surface area contributed by atoms with E-state index in [0.717, 1.165) is 61.9 Å². The smallest absolute Gasteiger partial charge is 0.255 e. The highest BCUT2D eigenvalue weighted by Crippen LogP contribution is 2.35. The predicted molar refractivity (Wildman–Crippen MR) is 168 cm³/mol. The number of ether oxygens (including phenoxy) is 1. The van der Waals surface area contributed by atoms with Gasteiger partial charge in [-0.2, -0.15) is 4.98 Å². The largest absolute Gasteiger partial charge is 0.438 e. The van der Waals surface area contributed by atoms with Crippen molar-refractivity contribution in [1.82, 2.24) is 14.9 Å². The third kappa shape index (κ3) is 6.31. The Morgan fingerprint density at radius 3 is 2.52 bits per heavy atom. The molecule has 8 nitrogen and oxygen atoms in total. The van der Waals surface area contributed by atoms with E-state index in [1.165, 1.54) is 18.6 Å². The number of rotatable bonds is 7. The first kappa shape index (κ1) is 29.3. The van der Waals surface area contributed by atoms with E-state index in [4.69, 9.17) is 4.74 Å². The molecule has 0 unspecified atom stereocenters. The number of carbonyl (C=O) groups excluding carboxylic acids is 1. The summed E-state index contributed by atoms with van der Waals surface area (Å²) in [5.74, 6) is 0.953. The molecule has 1 amide bonds. The number of hydrogen-bond acceptors (Lipinski definition) is 7. The Hall–Kier alpha value is -4.24. The van der Waals surface area contributed by atoms with Crippen molar-refractivity contribution in [3.05, 3.63) is 78.2 Å². The van der Waals surface area contributed by atoms with E-state index in [-0.39, 0.29) is 13.3 Å². The number of carbonyl (C=O) groups is 1. The van der Waals surface area contributed by atoms with Crippen LogP contribution in [0, 0.1) is 5.82 Å². The Morgan fingerprint density at radius 1 is 0.976 bits per heavy atom. The standard InChI is InChI=1S/C32H35FN6O2.CH4/c1-37(2)24-13-17-39(21-24)32-34-14-12-30(36-32)41-29-11-10-28(26-8-4-5-9-27(26)29)35-31(40)22-18-23(33)20-25(19-22)38-15-6-3-7-16-38;/h4-5,8-12,14,18-20,24H,3,6-7,13,15-17,21H2,1-2H3,(H,35,40);1H4/t24-;/m1./s1. The second-order valence-corrected chi connectivity index (χ2v) is 11.0. The molecule has 3 aromatic carbocycles. The van der Waals surface area contributed by atoms with Gasteiger partial charge < -0.3 is 24.8 Å². The minimum Gasteiger partial charge on any atom is -0.438 e. The first-order valence-electron chi connectivity index (χ1n) is 14.3. The Morgan fingerprint density at radius 2 is 1.76 bits per heavy atom. The fourth-order valence-electron chi connectivity index (χ4n) is 5.70. The lowest BCUT2D eigenvalue weighted by Crippen LogP contribution is -2.32. The molecule has 0 radical (unpaired) electrons. The molecule has 0 saturated carbocycles. The predicted octanol–water partition coefficient (Wildman–Crippen LogP) is 6.58. The van der Waals surface area contributed by atoms with Crippen LogP contribution in [0.5, 0.6) is 11.6 Å². The molecule has 42 heavy (non-hydrogen) atoms. The summed E-state index contributed by atoms with van der Waals surface area (Å²) in [5, 5.41) is 4.63. The summed E-state index contributed by atoms with van der Waals surface area (Å²) >= 11 is 0. The number of anilines is 3. The van der Waals surface area contributed by atoms with Crippen LogP contribution in [0.3, 0.4) is 0 Å². The summed E-state index contributed by atoms with van der Waals surface area (Å²) in [6, 6.07) is 18.1. The molecule has 0 bridgehead atoms. The van der Waals surface area contributed by atoms with Crippen LogP contribution < -0.4 is 19.9 Å². The van der Waals surface area contributed by atoms with Crippen LogP contribution in [-0.2, 0) is 0 Å². The van der Waals surface area contributed by atoms with Crippen molar-refractivity contribution in [2.24, 2.45) is 0 Å². The molecule has 0 aliphatic carbocycles. The van der Waals surface area contributed by atoms with Crippen LogP contribution in [0.1, 0.15) is 43.5 Å². The molecule has 6 rings (SSSR count). The summed E-state index contributed by atoms with van der Waals surface area (Å²) in [6.45, 7) is 3.52. The van der Waals surface area contributed by atoms with Crippen LogP contribution in [0.2, 0.25) is 0 Å². The van der Waals surface area contributed by atoms with Crippen molar-refractivity contribution in [2.45, 2.75) is 39.2 Å². The third-order valence-corrected chi connectivity index (χ3v) is 8.01. The van der Waals surface area contributed by atoms with Gasteiger partial charge >= 0.3 is 0 Å². The third-order valence-electron chi connectivity index (χ3n) is 8.01. The number of hydrogen-bond donors (Lipinski definition) is 1. The number of piperidine rings is 1. The van der Waals surface area contributed by atoms with Gasteiger partial charge in [0.2, 0.25) is 11.8 Å². The highest BCUT2D eigenvalue weighted by Gasteiger charge is 2.26. The number of halogens is 1. The van der Waals surface area contributed by atoms with Crippen molar-refractivity contribution in [2.75, 3.05) is 55.4 Å². The van der Waals surface area contributed by atoms with E-state index in [2.05, 4.69) is 44.1 Å². The van der Waals surface area contributed by atoms with Crippen molar-refractivity contribution in [1.29, 1.82) is 0 Å². The van der Waals surface area contributed by atoms with Crippen LogP contribution in [0.4, 0.5) is 21.7 Å². The maximum absolute atomic E-state index is 14.5. The molecule has 2 aliphatic heterocycles. The number of aromatic nitrogens is 2. The fraction of sp³-hybridized carbons (Fsp3) is 0.364. The molecule has 1 N–H and O–H groups in total. The number of amides is 1. The molecule has 2 fully saturated rings. The zero-order valence-corrected chi connectivity index (χ0v) is 23.5. The Balaban J connectivity index is 0.00000353. The van der Waals surface area contributed by atoms with Crippen LogP contribution >= 0.6 is 0 Å². The second kappa shape index (κ2) is 12.7. The molecule has 2 saturated heterocycles. The average Bonchev–Trinajstić information content (AvgIpc) is 3.50. The molecule has 2 aliphatic rings. The first-order chi connectivity index (χ1) is 19.9. The molecule has 3 heterocycles. The zero-order valence-electron chi connectivity index (χ0n) is 23.5. The summed E-state index contributed by atoms with van der Waals surface area (Å²) in [5.41, 5.74) is 1.66. The molecule has 220 valence electrons. The summed E-state index contributed by atoms with van der Waals surface area (Å²) in [7, 11) is 4.19. The van der Waals surface area contributed by atoms with Crippen molar-refractivity contribution >= 4 is 34.0 Å². The number of fused-ring (bicyclic) bond motifs is 1. The molecule has 9 heteroatoms. The Kier molecular flexibility index (Phi) is 8.87. The highest BCUT2D eigenvalue weighted by molar-refractivity contribution is 6.10. The maximum Gasteiger partial charge on any atom is 0.255 e. The summed E-state index contributed by atoms with van der Waals surface area (Å²) in [4.78, 5) is 29.0. The normalized spacial score (nSPS) is 16.9. The molecular formula is C33H39FN6O2. The lowest BCUT2D eigenvalue weighted by atomic mass is 10.1. The van der Waals surface area contributed by atoms with E-state index in [1.807, 2.05) is 36.4 Å². The monoisotopic (exact) mass is 570 g/mol. The van der Waals surface area contributed by atoms with Gasteiger partial charge in [0.05, 0.1) is 0 Å². The lowest BCUT2D eigenvalue weighted by molar-refractivity contribution is 0.102. The second-order valence-electron chi connectivity index (χ2n) is 11.0. The van der Waals surface area contributed by atoms with Gasteiger partial charge in [0.25, 0.3) is 5.91 Å². The first-order valence-corrected chi connectivity index (χ1v) is 14.3. The van der Waals surface area contributed by atoms with Gasteiger partial charge in [-0.3, -0.25) is 4.79 Å². The minimum atomic E-state index is -0.415. The van der Waals surface area contributed by atoms with Gasteiger partial charge in [0.1, 0.15) is 11.6 Å². The van der Waals surface area contributed by atoms with E-state index < -0.39 is 5.82 Å². The fourth-order valence-corrected chi connectivity index (χ4v) is 5.70. The van der Waals surface area contributed by atoms with Crippen LogP contribution in [0.15, 0.2) is 66.9 Å². The number of likely N-dealkylation sites (N-methyl/N-ethyl adjacent to an activating group) is 1. The molecule has 1 atom stereocenters. The van der Waals surface area contributed by atoms with Gasteiger partial charge in [-0.05, 0) is 70.1 Å². The van der Waals surface area contributed by atoms with E-state index in [9.17, 15) is 9.18 Å². The van der Waals surface area contributed by atoms with E-state index in [0.29, 0.717) is 34.9 Å². The Bertz CT molecular complexity index is 1560. The topological polar surface area (TPSA) is 73.8 Å². The van der Waals surface area contributed by atoms with Gasteiger partial charge in [-0.1, -0.05) is 31.7 Å². The molecular weight excluding hydrogens is 531 g/mol. The van der Waals surface area contributed by atoms with Gasteiger partial charge in [-0.25, -0.2) is 9.37 Å². The van der Waals surface area contributed by atoms with Gasteiger partial charge in [0, 0.05) is 72.2 Å². The van der Waals surface area contributed by atoms with E-state index >= 15 is 0 Å². The van der Waals surface area contributed by atoms with Gasteiger partial charge in [-0.15, -0.1) is 0 Å². The van der Waals surface area contributed by atoms with E-state index in [1.54, 1.807) is 18.3 Å². The lowest BCUT2D eigenvalue weighted by Gasteiger charge is -2.29. The number of benzene rings is 3. The number of nitrogens with zero attached hydrogens (tertiary/aromatic N) is 5. The average molecular weight is 571 g/mol. The summed E-state index contributed by atoms with van der Waals surface area (Å²) in [6.07, 6.45) is 6.11. The van der Waals surface area contributed by atoms with Crippen molar-refractivity contribution in [3.63, 3.8) is 0 Å². The molecule has 4 aromatic rings. The highest BCUT2D eigenvalue weighted by atomic mass is 19.1. The van der Waals surface area contributed by atoms with Crippen molar-refractivity contribution in [3.8, 4) is 11.6 Å².